The molecule has 0 saturated carbocycles. The SMILES string of the molecule is Cc1cccnc1-c1cccc(C(=O)N2CCCC[C@@H]2CN)c1. The Morgan fingerprint density at radius 2 is 2.17 bits per heavy atom. The Kier molecular flexibility index (Phi) is 4.72. The molecule has 2 N–H and O–H groups in total. The molecule has 1 aromatic heterocycles. The standard InChI is InChI=1S/C19H23N3O/c1-14-6-5-10-21-18(14)15-7-4-8-16(12-15)19(23)22-11-3-2-9-17(22)13-20/h4-8,10,12,17H,2-3,9,11,13,20H2,1H3/t17-/m1/s1. The molecule has 4 nitrogen and oxygen atoms in total. The number of rotatable bonds is 3. The van der Waals surface area contributed by atoms with Gasteiger partial charge < -0.3 is 10.6 Å². The van der Waals surface area contributed by atoms with Crippen molar-refractivity contribution >= 4 is 5.91 Å². The van der Waals surface area contributed by atoms with Gasteiger partial charge in [-0.3, -0.25) is 9.78 Å². The molecule has 1 aliphatic rings. The van der Waals surface area contributed by atoms with Crippen molar-refractivity contribution in [2.45, 2.75) is 32.2 Å². The highest BCUT2D eigenvalue weighted by molar-refractivity contribution is 5.95. The number of piperidine rings is 1. The first kappa shape index (κ1) is 15.7. The molecule has 0 unspecified atom stereocenters. The Balaban J connectivity index is 1.90. The molecule has 0 aliphatic carbocycles. The first-order valence-corrected chi connectivity index (χ1v) is 8.24. The van der Waals surface area contributed by atoms with Crippen molar-refractivity contribution in [2.24, 2.45) is 5.73 Å². The molecule has 1 atom stereocenters. The monoisotopic (exact) mass is 309 g/mol. The fraction of sp³-hybridized carbons (Fsp3) is 0.368. The summed E-state index contributed by atoms with van der Waals surface area (Å²) in [4.78, 5) is 19.3. The van der Waals surface area contributed by atoms with Crippen LogP contribution in [0.1, 0.15) is 35.2 Å². The van der Waals surface area contributed by atoms with Gasteiger partial charge in [-0.25, -0.2) is 0 Å². The highest BCUT2D eigenvalue weighted by atomic mass is 16.2. The lowest BCUT2D eigenvalue weighted by Gasteiger charge is -2.35. The van der Waals surface area contributed by atoms with Gasteiger partial charge in [0.15, 0.2) is 0 Å². The van der Waals surface area contributed by atoms with E-state index < -0.39 is 0 Å². The number of hydrogen-bond donors (Lipinski definition) is 1. The first-order valence-electron chi connectivity index (χ1n) is 8.24. The van der Waals surface area contributed by atoms with Crippen LogP contribution in [-0.2, 0) is 0 Å². The molecule has 4 heteroatoms. The van der Waals surface area contributed by atoms with Crippen LogP contribution in [0.3, 0.4) is 0 Å². The van der Waals surface area contributed by atoms with E-state index in [0.717, 1.165) is 42.6 Å². The number of aryl methyl sites for hydroxylation is 1. The molecule has 0 bridgehead atoms. The van der Waals surface area contributed by atoms with Crippen LogP contribution < -0.4 is 5.73 Å². The summed E-state index contributed by atoms with van der Waals surface area (Å²) >= 11 is 0. The zero-order valence-corrected chi connectivity index (χ0v) is 13.5. The van der Waals surface area contributed by atoms with E-state index in [4.69, 9.17) is 5.73 Å². The topological polar surface area (TPSA) is 59.2 Å². The molecule has 2 aromatic rings. The molecule has 2 heterocycles. The lowest BCUT2D eigenvalue weighted by atomic mass is 9.99. The zero-order valence-electron chi connectivity index (χ0n) is 13.5. The lowest BCUT2D eigenvalue weighted by molar-refractivity contribution is 0.0623. The summed E-state index contributed by atoms with van der Waals surface area (Å²) in [7, 11) is 0. The van der Waals surface area contributed by atoms with Crippen LogP contribution in [0.2, 0.25) is 0 Å². The van der Waals surface area contributed by atoms with Gasteiger partial charge in [0, 0.05) is 36.5 Å². The maximum absolute atomic E-state index is 12.9. The maximum Gasteiger partial charge on any atom is 0.254 e. The van der Waals surface area contributed by atoms with E-state index in [1.165, 1.54) is 0 Å². The molecular weight excluding hydrogens is 286 g/mol. The number of carbonyl (C=O) groups is 1. The van der Waals surface area contributed by atoms with E-state index in [1.807, 2.05) is 48.2 Å². The summed E-state index contributed by atoms with van der Waals surface area (Å²) < 4.78 is 0. The number of pyridine rings is 1. The number of hydrogen-bond acceptors (Lipinski definition) is 3. The Hall–Kier alpha value is -2.20. The molecular formula is C19H23N3O. The minimum atomic E-state index is 0.0792. The molecule has 23 heavy (non-hydrogen) atoms. The van der Waals surface area contributed by atoms with E-state index in [1.54, 1.807) is 6.20 Å². The number of aromatic nitrogens is 1. The molecule has 1 aromatic carbocycles. The summed E-state index contributed by atoms with van der Waals surface area (Å²) in [6.07, 6.45) is 4.99. The number of nitrogens with two attached hydrogens (primary N) is 1. The van der Waals surface area contributed by atoms with Crippen LogP contribution >= 0.6 is 0 Å². The third-order valence-corrected chi connectivity index (χ3v) is 4.55. The van der Waals surface area contributed by atoms with Crippen LogP contribution in [0.5, 0.6) is 0 Å². The largest absolute Gasteiger partial charge is 0.334 e. The van der Waals surface area contributed by atoms with Crippen LogP contribution in [0.25, 0.3) is 11.3 Å². The van der Waals surface area contributed by atoms with Gasteiger partial charge in [-0.2, -0.15) is 0 Å². The van der Waals surface area contributed by atoms with Gasteiger partial charge in [-0.1, -0.05) is 18.2 Å². The summed E-state index contributed by atoms with van der Waals surface area (Å²) in [6.45, 7) is 3.37. The number of amides is 1. The zero-order chi connectivity index (χ0) is 16.2. The molecule has 3 rings (SSSR count). The maximum atomic E-state index is 12.9. The van der Waals surface area contributed by atoms with Gasteiger partial charge >= 0.3 is 0 Å². The van der Waals surface area contributed by atoms with Crippen LogP contribution in [0, 0.1) is 6.92 Å². The minimum absolute atomic E-state index is 0.0792. The van der Waals surface area contributed by atoms with Crippen LogP contribution in [0.4, 0.5) is 0 Å². The van der Waals surface area contributed by atoms with Crippen molar-refractivity contribution < 1.29 is 4.79 Å². The van der Waals surface area contributed by atoms with Gasteiger partial charge in [-0.15, -0.1) is 0 Å². The van der Waals surface area contributed by atoms with E-state index in [0.29, 0.717) is 12.1 Å². The van der Waals surface area contributed by atoms with Crippen molar-refractivity contribution in [3.05, 3.63) is 53.7 Å². The molecule has 1 fully saturated rings. The van der Waals surface area contributed by atoms with Crippen molar-refractivity contribution in [2.75, 3.05) is 13.1 Å². The highest BCUT2D eigenvalue weighted by Gasteiger charge is 2.26. The Labute approximate surface area is 137 Å². The fourth-order valence-corrected chi connectivity index (χ4v) is 3.27. The third-order valence-electron chi connectivity index (χ3n) is 4.55. The molecule has 120 valence electrons. The van der Waals surface area contributed by atoms with E-state index >= 15 is 0 Å². The molecule has 0 radical (unpaired) electrons. The average Bonchev–Trinajstić information content (AvgIpc) is 2.61. The number of likely N-dealkylation sites (tertiary alicyclic amines) is 1. The van der Waals surface area contributed by atoms with Gasteiger partial charge in [0.2, 0.25) is 0 Å². The smallest absolute Gasteiger partial charge is 0.254 e. The summed E-state index contributed by atoms with van der Waals surface area (Å²) in [6, 6.07) is 11.9. The van der Waals surface area contributed by atoms with Gasteiger partial charge in [0.05, 0.1) is 5.69 Å². The van der Waals surface area contributed by atoms with Crippen molar-refractivity contribution in [3.63, 3.8) is 0 Å². The normalized spacial score (nSPS) is 18.0. The summed E-state index contributed by atoms with van der Waals surface area (Å²) in [5.74, 6) is 0.0792. The van der Waals surface area contributed by atoms with Gasteiger partial charge in [0.1, 0.15) is 0 Å². The van der Waals surface area contributed by atoms with Crippen LogP contribution in [0.15, 0.2) is 42.6 Å². The van der Waals surface area contributed by atoms with E-state index in [2.05, 4.69) is 4.98 Å². The Bertz CT molecular complexity index is 699. The quantitative estimate of drug-likeness (QED) is 0.948. The minimum Gasteiger partial charge on any atom is -0.334 e. The van der Waals surface area contributed by atoms with Crippen LogP contribution in [-0.4, -0.2) is 34.9 Å². The van der Waals surface area contributed by atoms with Crippen molar-refractivity contribution in [1.29, 1.82) is 0 Å². The lowest BCUT2D eigenvalue weighted by Crippen LogP contribution is -2.47. The summed E-state index contributed by atoms with van der Waals surface area (Å²) in [5, 5.41) is 0. The molecule has 1 amide bonds. The predicted molar refractivity (Wildman–Crippen MR) is 92.1 cm³/mol. The Morgan fingerprint density at radius 1 is 1.30 bits per heavy atom. The van der Waals surface area contributed by atoms with Gasteiger partial charge in [-0.05, 0) is 49.9 Å². The Morgan fingerprint density at radius 3 is 2.96 bits per heavy atom. The van der Waals surface area contributed by atoms with E-state index in [-0.39, 0.29) is 11.9 Å². The average molecular weight is 309 g/mol. The number of nitrogens with zero attached hydrogens (tertiary/aromatic N) is 2. The molecule has 1 saturated heterocycles. The third kappa shape index (κ3) is 3.27. The van der Waals surface area contributed by atoms with E-state index in [9.17, 15) is 4.79 Å². The second kappa shape index (κ2) is 6.92. The number of carbonyl (C=O) groups excluding carboxylic acids is 1. The van der Waals surface area contributed by atoms with Gasteiger partial charge in [0.25, 0.3) is 5.91 Å². The summed E-state index contributed by atoms with van der Waals surface area (Å²) in [5.41, 5.74) is 9.58. The highest BCUT2D eigenvalue weighted by Crippen LogP contribution is 2.24. The number of benzene rings is 1. The molecule has 0 spiro atoms. The van der Waals surface area contributed by atoms with Crippen molar-refractivity contribution in [3.8, 4) is 11.3 Å². The fourth-order valence-electron chi connectivity index (χ4n) is 3.27. The molecule has 1 aliphatic heterocycles. The first-order chi connectivity index (χ1) is 11.2. The second-order valence-corrected chi connectivity index (χ2v) is 6.13. The predicted octanol–water partition coefficient (Wildman–Crippen LogP) is 3.01. The second-order valence-electron chi connectivity index (χ2n) is 6.13. The van der Waals surface area contributed by atoms with Crippen molar-refractivity contribution in [1.82, 2.24) is 9.88 Å².